The van der Waals surface area contributed by atoms with Gasteiger partial charge in [-0.1, -0.05) is 23.4 Å². The number of aromatic nitrogens is 4. The maximum Gasteiger partial charge on any atom is 0.471 e. The monoisotopic (exact) mass is 383 g/mol. The summed E-state index contributed by atoms with van der Waals surface area (Å²) < 4.78 is 55.6. The molecule has 0 saturated carbocycles. The van der Waals surface area contributed by atoms with Gasteiger partial charge < -0.3 is 14.9 Å². The number of rotatable bonds is 6. The van der Waals surface area contributed by atoms with E-state index in [2.05, 4.69) is 29.9 Å². The molecule has 142 valence electrons. The molecule has 0 aliphatic rings. The summed E-state index contributed by atoms with van der Waals surface area (Å²) in [6.07, 6.45) is -2.13. The van der Waals surface area contributed by atoms with Crippen LogP contribution in [0.25, 0.3) is 11.4 Å². The van der Waals surface area contributed by atoms with Gasteiger partial charge in [0.25, 0.3) is 0 Å². The lowest BCUT2D eigenvalue weighted by Gasteiger charge is -2.18. The lowest BCUT2D eigenvalue weighted by atomic mass is 10.0. The van der Waals surface area contributed by atoms with Crippen LogP contribution in [0.3, 0.4) is 0 Å². The molecular weight excluding hydrogens is 370 g/mol. The van der Waals surface area contributed by atoms with Gasteiger partial charge in [-0.3, -0.25) is 0 Å². The zero-order valence-electron chi connectivity index (χ0n) is 13.6. The van der Waals surface area contributed by atoms with Crippen LogP contribution in [0.4, 0.5) is 23.5 Å². The highest BCUT2D eigenvalue weighted by Crippen LogP contribution is 2.29. The number of alkyl halides is 3. The number of aliphatic hydroxyl groups excluding tert-OH is 1. The molecule has 1 unspecified atom stereocenters. The lowest BCUT2D eigenvalue weighted by molar-refractivity contribution is -0.159. The van der Waals surface area contributed by atoms with Gasteiger partial charge in [-0.15, -0.1) is 0 Å². The molecule has 1 aromatic carbocycles. The molecule has 0 radical (unpaired) electrons. The van der Waals surface area contributed by atoms with E-state index >= 15 is 0 Å². The fourth-order valence-electron chi connectivity index (χ4n) is 2.32. The Morgan fingerprint density at radius 1 is 1.15 bits per heavy atom. The predicted molar refractivity (Wildman–Crippen MR) is 84.8 cm³/mol. The van der Waals surface area contributed by atoms with Crippen LogP contribution in [0.15, 0.2) is 41.2 Å². The number of anilines is 1. The Morgan fingerprint density at radius 3 is 2.44 bits per heavy atom. The minimum absolute atomic E-state index is 0.0972. The Balaban J connectivity index is 1.78. The molecule has 0 aliphatic carbocycles. The van der Waals surface area contributed by atoms with Crippen LogP contribution in [0.2, 0.25) is 0 Å². The van der Waals surface area contributed by atoms with Crippen molar-refractivity contribution in [1.29, 1.82) is 0 Å². The molecule has 0 saturated heterocycles. The highest BCUT2D eigenvalue weighted by Gasteiger charge is 2.38. The summed E-state index contributed by atoms with van der Waals surface area (Å²) in [6.45, 7) is -0.201. The first kappa shape index (κ1) is 18.7. The Bertz CT molecular complexity index is 898. The van der Waals surface area contributed by atoms with Crippen LogP contribution < -0.4 is 5.32 Å². The second-order valence-electron chi connectivity index (χ2n) is 5.45. The van der Waals surface area contributed by atoms with Gasteiger partial charge >= 0.3 is 12.1 Å². The van der Waals surface area contributed by atoms with Crippen molar-refractivity contribution in [2.45, 2.75) is 18.6 Å². The highest BCUT2D eigenvalue weighted by molar-refractivity contribution is 5.52. The van der Waals surface area contributed by atoms with Crippen molar-refractivity contribution < 1.29 is 27.2 Å². The number of aliphatic hydroxyl groups is 1. The molecule has 0 bridgehead atoms. The van der Waals surface area contributed by atoms with Gasteiger partial charge in [0, 0.05) is 24.6 Å². The zero-order chi connectivity index (χ0) is 19.4. The maximum absolute atomic E-state index is 14.0. The van der Waals surface area contributed by atoms with Gasteiger partial charge in [0.05, 0.1) is 11.6 Å². The Morgan fingerprint density at radius 2 is 1.85 bits per heavy atom. The SMILES string of the molecule is OCCC(Nc1ncc(-c2noc(C(F)(F)F)n2)cn1)c1ccccc1F. The minimum Gasteiger partial charge on any atom is -0.396 e. The largest absolute Gasteiger partial charge is 0.471 e. The molecule has 0 spiro atoms. The number of halogens is 4. The molecule has 3 rings (SSSR count). The minimum atomic E-state index is -4.75. The Labute approximate surface area is 150 Å². The molecule has 7 nitrogen and oxygen atoms in total. The van der Waals surface area contributed by atoms with Crippen molar-refractivity contribution in [3.8, 4) is 11.4 Å². The molecule has 0 amide bonds. The van der Waals surface area contributed by atoms with Gasteiger partial charge in [0.1, 0.15) is 5.82 Å². The number of nitrogens with one attached hydrogen (secondary N) is 1. The number of hydrogen-bond donors (Lipinski definition) is 2. The first-order valence-electron chi connectivity index (χ1n) is 7.73. The van der Waals surface area contributed by atoms with E-state index in [0.29, 0.717) is 5.56 Å². The molecule has 2 aromatic heterocycles. The first-order chi connectivity index (χ1) is 12.9. The van der Waals surface area contributed by atoms with E-state index in [4.69, 9.17) is 0 Å². The molecule has 11 heteroatoms. The smallest absolute Gasteiger partial charge is 0.396 e. The van der Waals surface area contributed by atoms with E-state index in [-0.39, 0.29) is 30.4 Å². The van der Waals surface area contributed by atoms with Crippen LogP contribution in [0.1, 0.15) is 23.9 Å². The predicted octanol–water partition coefficient (Wildman–Crippen LogP) is 3.22. The van der Waals surface area contributed by atoms with E-state index in [1.807, 2.05) is 0 Å². The van der Waals surface area contributed by atoms with Gasteiger partial charge in [0.2, 0.25) is 11.8 Å². The van der Waals surface area contributed by atoms with Gasteiger partial charge in [-0.2, -0.15) is 18.2 Å². The summed E-state index contributed by atoms with van der Waals surface area (Å²) in [5.74, 6) is -2.14. The maximum atomic E-state index is 14.0. The summed E-state index contributed by atoms with van der Waals surface area (Å²) >= 11 is 0. The van der Waals surface area contributed by atoms with E-state index < -0.39 is 23.9 Å². The van der Waals surface area contributed by atoms with Crippen LogP contribution in [-0.4, -0.2) is 31.8 Å². The van der Waals surface area contributed by atoms with Gasteiger partial charge in [0.15, 0.2) is 0 Å². The summed E-state index contributed by atoms with van der Waals surface area (Å²) in [5, 5.41) is 15.3. The van der Waals surface area contributed by atoms with Crippen molar-refractivity contribution in [3.05, 3.63) is 53.9 Å². The van der Waals surface area contributed by atoms with Crippen molar-refractivity contribution >= 4 is 5.95 Å². The van der Waals surface area contributed by atoms with Crippen LogP contribution in [0.5, 0.6) is 0 Å². The molecule has 1 atom stereocenters. The fraction of sp³-hybridized carbons (Fsp3) is 0.250. The molecule has 0 fully saturated rings. The number of nitrogens with zero attached hydrogens (tertiary/aromatic N) is 4. The summed E-state index contributed by atoms with van der Waals surface area (Å²) in [4.78, 5) is 11.2. The molecule has 27 heavy (non-hydrogen) atoms. The van der Waals surface area contributed by atoms with E-state index in [0.717, 1.165) is 0 Å². The molecule has 3 aromatic rings. The standard InChI is InChI=1S/C16H13F4N5O2/c17-11-4-2-1-3-10(11)12(5-6-26)23-15-21-7-9(8-22-15)13-24-14(27-25-13)16(18,19)20/h1-4,7-8,12,26H,5-6H2,(H,21,22,23). The third-order valence-corrected chi connectivity index (χ3v) is 3.58. The van der Waals surface area contributed by atoms with Crippen molar-refractivity contribution in [1.82, 2.24) is 20.1 Å². The van der Waals surface area contributed by atoms with Crippen LogP contribution in [0, 0.1) is 5.82 Å². The number of hydrogen-bond acceptors (Lipinski definition) is 7. The quantitative estimate of drug-likeness (QED) is 0.631. The van der Waals surface area contributed by atoms with Crippen molar-refractivity contribution in [3.63, 3.8) is 0 Å². The van der Waals surface area contributed by atoms with Crippen LogP contribution in [-0.2, 0) is 6.18 Å². The summed E-state index contributed by atoms with van der Waals surface area (Å²) in [7, 11) is 0. The van der Waals surface area contributed by atoms with Crippen molar-refractivity contribution in [2.75, 3.05) is 11.9 Å². The van der Waals surface area contributed by atoms with Gasteiger partial charge in [-0.05, 0) is 12.5 Å². The van der Waals surface area contributed by atoms with Crippen molar-refractivity contribution in [2.24, 2.45) is 0 Å². The Kier molecular flexibility index (Phi) is 5.31. The third-order valence-electron chi connectivity index (χ3n) is 3.58. The van der Waals surface area contributed by atoms with E-state index in [1.54, 1.807) is 18.2 Å². The highest BCUT2D eigenvalue weighted by atomic mass is 19.4. The lowest BCUT2D eigenvalue weighted by Crippen LogP contribution is -2.15. The molecule has 2 N–H and O–H groups in total. The first-order valence-corrected chi connectivity index (χ1v) is 7.73. The van der Waals surface area contributed by atoms with E-state index in [1.165, 1.54) is 18.5 Å². The average Bonchev–Trinajstić information content (AvgIpc) is 3.13. The van der Waals surface area contributed by atoms with Crippen LogP contribution >= 0.6 is 0 Å². The normalized spacial score (nSPS) is 12.8. The average molecular weight is 383 g/mol. The molecule has 2 heterocycles. The second kappa shape index (κ2) is 7.66. The molecule has 0 aliphatic heterocycles. The zero-order valence-corrected chi connectivity index (χ0v) is 13.6. The topological polar surface area (TPSA) is 97.0 Å². The summed E-state index contributed by atoms with van der Waals surface area (Å²) in [6, 6.07) is 5.46. The summed E-state index contributed by atoms with van der Waals surface area (Å²) in [5.41, 5.74) is 0.441. The van der Waals surface area contributed by atoms with Gasteiger partial charge in [-0.25, -0.2) is 14.4 Å². The third kappa shape index (κ3) is 4.37. The Hall–Kier alpha value is -3.08. The second-order valence-corrected chi connectivity index (χ2v) is 5.45. The van der Waals surface area contributed by atoms with E-state index in [9.17, 15) is 22.7 Å². The fourth-order valence-corrected chi connectivity index (χ4v) is 2.32. The number of benzene rings is 1. The molecular formula is C16H13F4N5O2.